The van der Waals surface area contributed by atoms with Gasteiger partial charge in [-0.3, -0.25) is 0 Å². The molecule has 1 heterocycles. The van der Waals surface area contributed by atoms with Gasteiger partial charge in [-0.1, -0.05) is 37.9 Å². The number of carboxylic acids is 1. The van der Waals surface area contributed by atoms with Crippen molar-refractivity contribution in [1.82, 2.24) is 0 Å². The van der Waals surface area contributed by atoms with E-state index in [9.17, 15) is 24.9 Å². The van der Waals surface area contributed by atoms with Crippen LogP contribution in [0.1, 0.15) is 59.7 Å². The van der Waals surface area contributed by atoms with E-state index in [4.69, 9.17) is 4.74 Å². The fourth-order valence-electron chi connectivity index (χ4n) is 4.51. The molecule has 8 heteroatoms. The van der Waals surface area contributed by atoms with Gasteiger partial charge in [0.2, 0.25) is 0 Å². The van der Waals surface area contributed by atoms with Crippen LogP contribution in [0, 0.1) is 27.7 Å². The van der Waals surface area contributed by atoms with E-state index >= 15 is 0 Å². The molecule has 0 bridgehead atoms. The molecule has 0 unspecified atom stereocenters. The maximum atomic E-state index is 13.2. The van der Waals surface area contributed by atoms with Crippen LogP contribution >= 0.6 is 31.9 Å². The Morgan fingerprint density at radius 1 is 0.848 bits per heavy atom. The minimum Gasteiger partial charge on any atom is -0.507 e. The third-order valence-corrected chi connectivity index (χ3v) is 8.09. The highest BCUT2D eigenvalue weighted by molar-refractivity contribution is 9.10. The lowest BCUT2D eigenvalue weighted by molar-refractivity contribution is 0.0235. The third kappa shape index (κ3) is 3.27. The first-order valence-electron chi connectivity index (χ1n) is 10.0. The van der Waals surface area contributed by atoms with E-state index in [-0.39, 0.29) is 22.6 Å². The van der Waals surface area contributed by atoms with Crippen LogP contribution in [0.5, 0.6) is 11.5 Å². The minimum atomic E-state index is -1.69. The first-order valence-corrected chi connectivity index (χ1v) is 11.6. The number of rotatable bonds is 3. The van der Waals surface area contributed by atoms with Gasteiger partial charge in [-0.2, -0.15) is 0 Å². The topological polar surface area (TPSA) is 104 Å². The Bertz CT molecular complexity index is 1310. The molecule has 0 amide bonds. The summed E-state index contributed by atoms with van der Waals surface area (Å²) in [6.07, 6.45) is 0. The molecule has 0 atom stereocenters. The van der Waals surface area contributed by atoms with Crippen LogP contribution in [0.2, 0.25) is 0 Å². The van der Waals surface area contributed by atoms with E-state index in [1.54, 1.807) is 13.8 Å². The molecule has 3 N–H and O–H groups in total. The zero-order valence-corrected chi connectivity index (χ0v) is 21.4. The Labute approximate surface area is 207 Å². The lowest BCUT2D eigenvalue weighted by Gasteiger charge is -2.35. The summed E-state index contributed by atoms with van der Waals surface area (Å²) in [5, 5.41) is 31.7. The fraction of sp³-hybridized carbons (Fsp3) is 0.200. The quantitative estimate of drug-likeness (QED) is 0.330. The molecule has 0 fully saturated rings. The van der Waals surface area contributed by atoms with E-state index in [0.717, 1.165) is 11.1 Å². The Kier molecular flexibility index (Phi) is 5.57. The van der Waals surface area contributed by atoms with Crippen molar-refractivity contribution < 1.29 is 29.6 Å². The molecular weight excluding hydrogens is 556 g/mol. The molecule has 3 aromatic rings. The van der Waals surface area contributed by atoms with Crippen molar-refractivity contribution in [3.63, 3.8) is 0 Å². The number of phenols is 2. The van der Waals surface area contributed by atoms with Gasteiger partial charge in [-0.05, 0) is 74.2 Å². The normalized spacial score (nSPS) is 14.2. The summed E-state index contributed by atoms with van der Waals surface area (Å²) in [5.74, 6) is -2.19. The summed E-state index contributed by atoms with van der Waals surface area (Å²) in [4.78, 5) is 24.7. The number of cyclic esters (lactones) is 1. The van der Waals surface area contributed by atoms with Gasteiger partial charge in [0.1, 0.15) is 11.5 Å². The average molecular weight is 576 g/mol. The van der Waals surface area contributed by atoms with Crippen LogP contribution < -0.4 is 0 Å². The largest absolute Gasteiger partial charge is 0.507 e. The molecule has 170 valence electrons. The summed E-state index contributed by atoms with van der Waals surface area (Å²) < 4.78 is 7.41. The highest BCUT2D eigenvalue weighted by Gasteiger charge is 2.53. The number of aromatic hydroxyl groups is 2. The minimum absolute atomic E-state index is 0.0636. The number of benzene rings is 3. The number of aromatic carboxylic acids is 1. The first-order chi connectivity index (χ1) is 15.4. The number of carbonyl (C=O) groups excluding carboxylic acids is 1. The maximum absolute atomic E-state index is 13.2. The van der Waals surface area contributed by atoms with Gasteiger partial charge < -0.3 is 20.1 Å². The van der Waals surface area contributed by atoms with E-state index in [0.29, 0.717) is 36.8 Å². The number of hydrogen-bond acceptors (Lipinski definition) is 5. The zero-order chi connectivity index (χ0) is 24.4. The van der Waals surface area contributed by atoms with Gasteiger partial charge in [0.15, 0.2) is 5.60 Å². The van der Waals surface area contributed by atoms with Gasteiger partial charge in [0, 0.05) is 25.6 Å². The predicted octanol–water partition coefficient (Wildman–Crippen LogP) is 6.02. The van der Waals surface area contributed by atoms with Crippen molar-refractivity contribution in [2.24, 2.45) is 0 Å². The average Bonchev–Trinajstić information content (AvgIpc) is 3.02. The number of carbonyl (C=O) groups is 2. The second-order valence-corrected chi connectivity index (χ2v) is 9.85. The van der Waals surface area contributed by atoms with E-state index in [2.05, 4.69) is 31.9 Å². The van der Waals surface area contributed by atoms with Crippen molar-refractivity contribution in [2.45, 2.75) is 33.3 Å². The van der Waals surface area contributed by atoms with Crippen molar-refractivity contribution in [3.05, 3.63) is 89.3 Å². The maximum Gasteiger partial charge on any atom is 0.340 e. The van der Waals surface area contributed by atoms with Crippen molar-refractivity contribution in [1.29, 1.82) is 0 Å². The number of hydrogen-bond donors (Lipinski definition) is 3. The number of phenolic OH excluding ortho intramolecular Hbond substituents is 2. The van der Waals surface area contributed by atoms with E-state index < -0.39 is 17.5 Å². The molecule has 4 rings (SSSR count). The molecule has 0 saturated heterocycles. The summed E-state index contributed by atoms with van der Waals surface area (Å²) in [6.45, 7) is 7.32. The molecule has 1 aliphatic heterocycles. The van der Waals surface area contributed by atoms with E-state index in [1.807, 2.05) is 13.8 Å². The van der Waals surface area contributed by atoms with Crippen LogP contribution in [0.25, 0.3) is 0 Å². The Morgan fingerprint density at radius 2 is 1.33 bits per heavy atom. The predicted molar refractivity (Wildman–Crippen MR) is 129 cm³/mol. The summed E-state index contributed by atoms with van der Waals surface area (Å²) in [5.41, 5.74) is 2.21. The van der Waals surface area contributed by atoms with Crippen LogP contribution in [-0.4, -0.2) is 27.3 Å². The number of halogens is 2. The second kappa shape index (κ2) is 7.88. The molecule has 3 aromatic carbocycles. The highest BCUT2D eigenvalue weighted by atomic mass is 79.9. The van der Waals surface area contributed by atoms with Gasteiger partial charge >= 0.3 is 11.9 Å². The summed E-state index contributed by atoms with van der Waals surface area (Å²) in [7, 11) is 0. The molecule has 0 aromatic heterocycles. The highest BCUT2D eigenvalue weighted by Crippen LogP contribution is 2.55. The molecule has 6 nitrogen and oxygen atoms in total. The lowest BCUT2D eigenvalue weighted by Crippen LogP contribution is -2.32. The Morgan fingerprint density at radius 3 is 1.79 bits per heavy atom. The molecule has 0 spiro atoms. The van der Waals surface area contributed by atoms with Gasteiger partial charge in [-0.15, -0.1) is 0 Å². The monoisotopic (exact) mass is 574 g/mol. The summed E-state index contributed by atoms with van der Waals surface area (Å²) in [6, 6.07) is 7.20. The van der Waals surface area contributed by atoms with Crippen LogP contribution in [0.4, 0.5) is 0 Å². The lowest BCUT2D eigenvalue weighted by atomic mass is 9.74. The molecule has 0 radical (unpaired) electrons. The molecule has 1 aliphatic rings. The standard InChI is InChI=1S/C25H20Br2O6/c1-10-12(3)21(19(28)8-17(10)26)25(22-13(4)11(2)18(27)9-20(22)29)16-6-5-14(23(30)31)7-15(16)24(32)33-25/h5-9,28-29H,1-4H3,(H,30,31). The third-order valence-electron chi connectivity index (χ3n) is 6.45. The summed E-state index contributed by atoms with van der Waals surface area (Å²) >= 11 is 6.89. The van der Waals surface area contributed by atoms with Crippen LogP contribution in [0.15, 0.2) is 39.3 Å². The fourth-order valence-corrected chi connectivity index (χ4v) is 5.53. The SMILES string of the molecule is Cc1c(Br)cc(O)c(C2(c3c(O)cc(Br)c(C)c3C)OC(=O)c3cc(C(=O)O)ccc32)c1C. The molecule has 0 saturated carbocycles. The first kappa shape index (κ1) is 23.3. The van der Waals surface area contributed by atoms with Crippen LogP contribution in [-0.2, 0) is 10.3 Å². The van der Waals surface area contributed by atoms with Gasteiger partial charge in [-0.25, -0.2) is 9.59 Å². The number of esters is 1. The van der Waals surface area contributed by atoms with E-state index in [1.165, 1.54) is 30.3 Å². The van der Waals surface area contributed by atoms with Crippen molar-refractivity contribution in [3.8, 4) is 11.5 Å². The molecular formula is C25H20Br2O6. The number of ether oxygens (including phenoxy) is 1. The zero-order valence-electron chi connectivity index (χ0n) is 18.2. The number of fused-ring (bicyclic) bond motifs is 1. The Balaban J connectivity index is 2.23. The van der Waals surface area contributed by atoms with Crippen molar-refractivity contribution >= 4 is 43.8 Å². The Hall–Kier alpha value is -2.84. The molecule has 33 heavy (non-hydrogen) atoms. The van der Waals surface area contributed by atoms with Gasteiger partial charge in [0.05, 0.1) is 11.1 Å². The smallest absolute Gasteiger partial charge is 0.340 e. The number of carboxylic acid groups (broad SMARTS) is 1. The molecule has 0 aliphatic carbocycles. The second-order valence-electron chi connectivity index (χ2n) is 8.14. The van der Waals surface area contributed by atoms with Gasteiger partial charge in [0.25, 0.3) is 0 Å². The van der Waals surface area contributed by atoms with Crippen LogP contribution in [0.3, 0.4) is 0 Å². The van der Waals surface area contributed by atoms with Crippen molar-refractivity contribution in [2.75, 3.05) is 0 Å².